The zero-order chi connectivity index (χ0) is 15.8. The van der Waals surface area contributed by atoms with Gasteiger partial charge in [0.05, 0.1) is 13.2 Å². The zero-order valence-corrected chi connectivity index (χ0v) is 13.2. The molecule has 1 aromatic rings. The monoisotopic (exact) mass is 301 g/mol. The summed E-state index contributed by atoms with van der Waals surface area (Å²) in [6, 6.07) is 5.44. The van der Waals surface area contributed by atoms with Crippen molar-refractivity contribution in [3.05, 3.63) is 42.5 Å². The quantitative estimate of drug-likeness (QED) is 0.636. The number of methoxy groups -OCH3 is 1. The Balaban J connectivity index is 2.07. The summed E-state index contributed by atoms with van der Waals surface area (Å²) in [6.07, 6.45) is 11.7. The van der Waals surface area contributed by atoms with Crippen molar-refractivity contribution in [1.82, 2.24) is 0 Å². The Bertz CT molecular complexity index is 557. The number of carbonyl (C=O) groups excluding carboxylic acids is 1. The van der Waals surface area contributed by atoms with Gasteiger partial charge in [-0.05, 0) is 44.7 Å². The molecule has 4 heteroatoms. The van der Waals surface area contributed by atoms with Crippen LogP contribution in [0, 0.1) is 0 Å². The lowest BCUT2D eigenvalue weighted by molar-refractivity contribution is -0.111. The van der Waals surface area contributed by atoms with Crippen molar-refractivity contribution in [1.29, 1.82) is 0 Å². The van der Waals surface area contributed by atoms with E-state index in [2.05, 4.69) is 5.32 Å². The summed E-state index contributed by atoms with van der Waals surface area (Å²) in [5.74, 6) is 1.20. The highest BCUT2D eigenvalue weighted by Gasteiger charge is 2.18. The van der Waals surface area contributed by atoms with E-state index in [9.17, 15) is 4.79 Å². The van der Waals surface area contributed by atoms with Crippen LogP contribution in [-0.4, -0.2) is 19.1 Å². The third-order valence-corrected chi connectivity index (χ3v) is 3.58. The molecular weight excluding hydrogens is 278 g/mol. The van der Waals surface area contributed by atoms with Crippen LogP contribution in [0.5, 0.6) is 11.5 Å². The van der Waals surface area contributed by atoms with E-state index in [1.54, 1.807) is 13.2 Å². The molecule has 1 saturated carbocycles. The van der Waals surface area contributed by atoms with Crippen molar-refractivity contribution in [3.63, 3.8) is 0 Å². The van der Waals surface area contributed by atoms with Crippen molar-refractivity contribution >= 4 is 11.6 Å². The van der Waals surface area contributed by atoms with Gasteiger partial charge < -0.3 is 14.8 Å². The average Bonchev–Trinajstić information content (AvgIpc) is 3.01. The molecular formula is C18H23NO3. The van der Waals surface area contributed by atoms with Gasteiger partial charge in [0.15, 0.2) is 11.5 Å². The van der Waals surface area contributed by atoms with E-state index in [0.29, 0.717) is 17.2 Å². The van der Waals surface area contributed by atoms with E-state index < -0.39 is 0 Å². The molecule has 0 aliphatic heterocycles. The van der Waals surface area contributed by atoms with E-state index in [1.807, 2.05) is 37.3 Å². The Morgan fingerprint density at radius 2 is 2.00 bits per heavy atom. The normalized spacial score (nSPS) is 15.5. The lowest BCUT2D eigenvalue weighted by atomic mass is 10.2. The lowest BCUT2D eigenvalue weighted by Crippen LogP contribution is -2.12. The van der Waals surface area contributed by atoms with Crippen LogP contribution in [0.3, 0.4) is 0 Å². The summed E-state index contributed by atoms with van der Waals surface area (Å²) in [4.78, 5) is 11.8. The van der Waals surface area contributed by atoms with Gasteiger partial charge in [-0.15, -0.1) is 0 Å². The van der Waals surface area contributed by atoms with E-state index in [4.69, 9.17) is 9.47 Å². The van der Waals surface area contributed by atoms with Crippen LogP contribution in [0.2, 0.25) is 0 Å². The van der Waals surface area contributed by atoms with E-state index in [0.717, 1.165) is 12.8 Å². The third-order valence-electron chi connectivity index (χ3n) is 3.58. The Hall–Kier alpha value is -2.23. The second kappa shape index (κ2) is 8.27. The molecule has 4 nitrogen and oxygen atoms in total. The van der Waals surface area contributed by atoms with Crippen LogP contribution < -0.4 is 14.8 Å². The van der Waals surface area contributed by atoms with Gasteiger partial charge in [0.25, 0.3) is 0 Å². The number of nitrogens with one attached hydrogen (secondary N) is 1. The summed E-state index contributed by atoms with van der Waals surface area (Å²) in [5.41, 5.74) is 0.698. The van der Waals surface area contributed by atoms with E-state index in [-0.39, 0.29) is 12.0 Å². The van der Waals surface area contributed by atoms with Gasteiger partial charge in [0.1, 0.15) is 0 Å². The molecule has 0 saturated heterocycles. The summed E-state index contributed by atoms with van der Waals surface area (Å²) in [7, 11) is 1.62. The number of allylic oxidation sites excluding steroid dienone is 3. The maximum atomic E-state index is 11.8. The molecule has 1 aromatic carbocycles. The molecule has 0 aromatic heterocycles. The van der Waals surface area contributed by atoms with Crippen LogP contribution in [0.25, 0.3) is 0 Å². The Labute approximate surface area is 131 Å². The molecule has 0 spiro atoms. The first-order chi connectivity index (χ1) is 10.7. The molecule has 0 bridgehead atoms. The second-order valence-corrected chi connectivity index (χ2v) is 5.26. The highest BCUT2D eigenvalue weighted by molar-refractivity contribution is 5.99. The highest BCUT2D eigenvalue weighted by Crippen LogP contribution is 2.33. The molecule has 0 radical (unpaired) electrons. The van der Waals surface area contributed by atoms with Gasteiger partial charge in [0, 0.05) is 17.8 Å². The topological polar surface area (TPSA) is 47.6 Å². The Morgan fingerprint density at radius 3 is 2.68 bits per heavy atom. The highest BCUT2D eigenvalue weighted by atomic mass is 16.5. The molecule has 118 valence electrons. The SMILES string of the molecule is CC=CC=CC(=O)Nc1ccc(OC)c(OC2CCCC2)c1. The van der Waals surface area contributed by atoms with Gasteiger partial charge in [-0.25, -0.2) is 0 Å². The van der Waals surface area contributed by atoms with Gasteiger partial charge in [-0.1, -0.05) is 18.2 Å². The first-order valence-corrected chi connectivity index (χ1v) is 7.68. The standard InChI is InChI=1S/C18H23NO3/c1-3-4-5-10-18(20)19-14-11-12-16(21-2)17(13-14)22-15-8-6-7-9-15/h3-5,10-13,15H,6-9H2,1-2H3,(H,19,20). The van der Waals surface area contributed by atoms with Crippen molar-refractivity contribution in [2.45, 2.75) is 38.7 Å². The number of benzene rings is 1. The summed E-state index contributed by atoms with van der Waals surface area (Å²) in [5, 5.41) is 2.82. The molecule has 1 aliphatic rings. The number of hydrogen-bond acceptors (Lipinski definition) is 3. The fourth-order valence-electron chi connectivity index (χ4n) is 2.47. The Morgan fingerprint density at radius 1 is 1.23 bits per heavy atom. The number of rotatable bonds is 6. The van der Waals surface area contributed by atoms with Crippen LogP contribution >= 0.6 is 0 Å². The fourth-order valence-corrected chi connectivity index (χ4v) is 2.47. The average molecular weight is 301 g/mol. The van der Waals surface area contributed by atoms with Crippen LogP contribution in [0.1, 0.15) is 32.6 Å². The zero-order valence-electron chi connectivity index (χ0n) is 13.2. The predicted octanol–water partition coefficient (Wildman–Crippen LogP) is 4.09. The number of hydrogen-bond donors (Lipinski definition) is 1. The molecule has 0 heterocycles. The summed E-state index contributed by atoms with van der Waals surface area (Å²) >= 11 is 0. The van der Waals surface area contributed by atoms with Crippen LogP contribution in [0.15, 0.2) is 42.5 Å². The van der Waals surface area contributed by atoms with E-state index >= 15 is 0 Å². The molecule has 1 aliphatic carbocycles. The van der Waals surface area contributed by atoms with Crippen molar-refractivity contribution in [2.75, 3.05) is 12.4 Å². The molecule has 2 rings (SSSR count). The number of anilines is 1. The summed E-state index contributed by atoms with van der Waals surface area (Å²) in [6.45, 7) is 1.90. The summed E-state index contributed by atoms with van der Waals surface area (Å²) < 4.78 is 11.3. The lowest BCUT2D eigenvalue weighted by Gasteiger charge is -2.17. The van der Waals surface area contributed by atoms with Crippen LogP contribution in [0.4, 0.5) is 5.69 Å². The third kappa shape index (κ3) is 4.65. The molecule has 0 unspecified atom stereocenters. The van der Waals surface area contributed by atoms with Crippen molar-refractivity contribution in [2.24, 2.45) is 0 Å². The van der Waals surface area contributed by atoms with Crippen molar-refractivity contribution < 1.29 is 14.3 Å². The minimum Gasteiger partial charge on any atom is -0.493 e. The maximum Gasteiger partial charge on any atom is 0.248 e. The van der Waals surface area contributed by atoms with Crippen molar-refractivity contribution in [3.8, 4) is 11.5 Å². The smallest absolute Gasteiger partial charge is 0.248 e. The molecule has 1 N–H and O–H groups in total. The van der Waals surface area contributed by atoms with Gasteiger partial charge in [-0.2, -0.15) is 0 Å². The molecule has 1 fully saturated rings. The first-order valence-electron chi connectivity index (χ1n) is 7.68. The maximum absolute atomic E-state index is 11.8. The fraction of sp³-hybridized carbons (Fsp3) is 0.389. The molecule has 22 heavy (non-hydrogen) atoms. The largest absolute Gasteiger partial charge is 0.493 e. The predicted molar refractivity (Wildman–Crippen MR) is 88.5 cm³/mol. The van der Waals surface area contributed by atoms with Gasteiger partial charge >= 0.3 is 0 Å². The molecule has 1 amide bonds. The second-order valence-electron chi connectivity index (χ2n) is 5.26. The van der Waals surface area contributed by atoms with Crippen LogP contribution in [-0.2, 0) is 4.79 Å². The number of carbonyl (C=O) groups is 1. The molecule has 0 atom stereocenters. The minimum atomic E-state index is -0.171. The Kier molecular flexibility index (Phi) is 6.07. The van der Waals surface area contributed by atoms with Gasteiger partial charge in [-0.3, -0.25) is 4.79 Å². The minimum absolute atomic E-state index is 0.171. The number of ether oxygens (including phenoxy) is 2. The van der Waals surface area contributed by atoms with Gasteiger partial charge in [0.2, 0.25) is 5.91 Å². The van der Waals surface area contributed by atoms with E-state index in [1.165, 1.54) is 18.9 Å². The number of amides is 1. The first kappa shape index (κ1) is 16.1.